The summed E-state index contributed by atoms with van der Waals surface area (Å²) in [5, 5.41) is 3.24. The molecule has 1 fully saturated rings. The number of carbonyl (C=O) groups is 1. The number of nitrogens with one attached hydrogen (secondary N) is 1. The SMILES string of the molecule is CC(C)C(=O)N[C@H](C(C)C)C1CCN(C)CC1. The molecule has 1 aliphatic heterocycles. The van der Waals surface area contributed by atoms with Gasteiger partial charge in [0.25, 0.3) is 0 Å². The van der Waals surface area contributed by atoms with Crippen LogP contribution in [0.25, 0.3) is 0 Å². The summed E-state index contributed by atoms with van der Waals surface area (Å²) in [6, 6.07) is 0.346. The highest BCUT2D eigenvalue weighted by Gasteiger charge is 2.29. The lowest BCUT2D eigenvalue weighted by molar-refractivity contribution is -0.125. The number of likely N-dealkylation sites (tertiary alicyclic amines) is 1. The van der Waals surface area contributed by atoms with Crippen molar-refractivity contribution in [1.29, 1.82) is 0 Å². The summed E-state index contributed by atoms with van der Waals surface area (Å²) in [6.07, 6.45) is 2.41. The molecule has 17 heavy (non-hydrogen) atoms. The molecule has 1 aliphatic rings. The third kappa shape index (κ3) is 4.30. The standard InChI is InChI=1S/C14H28N2O/c1-10(2)13(15-14(17)11(3)4)12-6-8-16(5)9-7-12/h10-13H,6-9H2,1-5H3,(H,15,17)/t13-/m1/s1. The summed E-state index contributed by atoms with van der Waals surface area (Å²) in [5.41, 5.74) is 0. The van der Waals surface area contributed by atoms with Crippen molar-refractivity contribution in [2.75, 3.05) is 20.1 Å². The number of carbonyl (C=O) groups excluding carboxylic acids is 1. The van der Waals surface area contributed by atoms with E-state index >= 15 is 0 Å². The van der Waals surface area contributed by atoms with Gasteiger partial charge in [-0.05, 0) is 44.8 Å². The van der Waals surface area contributed by atoms with Crippen LogP contribution in [0.5, 0.6) is 0 Å². The Morgan fingerprint density at radius 1 is 1.18 bits per heavy atom. The van der Waals surface area contributed by atoms with Crippen LogP contribution < -0.4 is 5.32 Å². The van der Waals surface area contributed by atoms with E-state index in [-0.39, 0.29) is 11.8 Å². The van der Waals surface area contributed by atoms with Gasteiger partial charge in [0, 0.05) is 12.0 Å². The Morgan fingerprint density at radius 2 is 1.71 bits per heavy atom. The average molecular weight is 240 g/mol. The molecule has 0 spiro atoms. The van der Waals surface area contributed by atoms with Gasteiger partial charge in [0.1, 0.15) is 0 Å². The monoisotopic (exact) mass is 240 g/mol. The molecular formula is C14H28N2O. The maximum Gasteiger partial charge on any atom is 0.222 e. The van der Waals surface area contributed by atoms with Gasteiger partial charge in [-0.3, -0.25) is 4.79 Å². The first-order valence-corrected chi connectivity index (χ1v) is 6.90. The minimum atomic E-state index is 0.0857. The van der Waals surface area contributed by atoms with Crippen LogP contribution in [0, 0.1) is 17.8 Å². The van der Waals surface area contributed by atoms with Crippen molar-refractivity contribution in [1.82, 2.24) is 10.2 Å². The number of nitrogens with zero attached hydrogens (tertiary/aromatic N) is 1. The second kappa shape index (κ2) is 6.39. The van der Waals surface area contributed by atoms with Crippen molar-refractivity contribution in [2.24, 2.45) is 17.8 Å². The normalized spacial score (nSPS) is 20.9. The molecule has 0 aliphatic carbocycles. The van der Waals surface area contributed by atoms with Crippen LogP contribution in [-0.4, -0.2) is 37.0 Å². The van der Waals surface area contributed by atoms with E-state index in [1.165, 1.54) is 12.8 Å². The third-order valence-electron chi connectivity index (χ3n) is 3.82. The molecule has 100 valence electrons. The fourth-order valence-electron chi connectivity index (χ4n) is 2.55. The molecule has 0 unspecified atom stereocenters. The maximum atomic E-state index is 11.8. The molecule has 1 heterocycles. The fraction of sp³-hybridized carbons (Fsp3) is 0.929. The largest absolute Gasteiger partial charge is 0.353 e. The van der Waals surface area contributed by atoms with Gasteiger partial charge in [0.2, 0.25) is 5.91 Å². The summed E-state index contributed by atoms with van der Waals surface area (Å²) in [7, 11) is 2.17. The molecule has 0 aromatic heterocycles. The van der Waals surface area contributed by atoms with Gasteiger partial charge in [0.15, 0.2) is 0 Å². The molecular weight excluding hydrogens is 212 g/mol. The van der Waals surface area contributed by atoms with E-state index in [1.54, 1.807) is 0 Å². The van der Waals surface area contributed by atoms with E-state index < -0.39 is 0 Å². The predicted molar refractivity (Wildman–Crippen MR) is 71.8 cm³/mol. The number of piperidine rings is 1. The van der Waals surface area contributed by atoms with E-state index in [9.17, 15) is 4.79 Å². The number of hydrogen-bond donors (Lipinski definition) is 1. The van der Waals surface area contributed by atoms with Crippen LogP contribution in [-0.2, 0) is 4.79 Å². The third-order valence-corrected chi connectivity index (χ3v) is 3.82. The molecule has 1 rings (SSSR count). The van der Waals surface area contributed by atoms with E-state index in [4.69, 9.17) is 0 Å². The number of hydrogen-bond acceptors (Lipinski definition) is 2. The Bertz CT molecular complexity index is 243. The zero-order valence-corrected chi connectivity index (χ0v) is 12.0. The first-order chi connectivity index (χ1) is 7.91. The summed E-state index contributed by atoms with van der Waals surface area (Å²) in [4.78, 5) is 14.2. The molecule has 1 N–H and O–H groups in total. The zero-order valence-electron chi connectivity index (χ0n) is 12.0. The average Bonchev–Trinajstić information content (AvgIpc) is 2.26. The van der Waals surface area contributed by atoms with Crippen LogP contribution in [0.4, 0.5) is 0 Å². The van der Waals surface area contributed by atoms with Crippen LogP contribution in [0.3, 0.4) is 0 Å². The molecule has 1 atom stereocenters. The first kappa shape index (κ1) is 14.5. The van der Waals surface area contributed by atoms with Crippen LogP contribution in [0.1, 0.15) is 40.5 Å². The van der Waals surface area contributed by atoms with Gasteiger partial charge in [-0.25, -0.2) is 0 Å². The van der Waals surface area contributed by atoms with Gasteiger partial charge in [0.05, 0.1) is 0 Å². The van der Waals surface area contributed by atoms with Gasteiger partial charge >= 0.3 is 0 Å². The smallest absolute Gasteiger partial charge is 0.222 e. The number of amides is 1. The quantitative estimate of drug-likeness (QED) is 0.816. The first-order valence-electron chi connectivity index (χ1n) is 6.90. The summed E-state index contributed by atoms with van der Waals surface area (Å²) in [5.74, 6) is 1.45. The van der Waals surface area contributed by atoms with Crippen molar-refractivity contribution < 1.29 is 4.79 Å². The lowest BCUT2D eigenvalue weighted by Gasteiger charge is -2.37. The van der Waals surface area contributed by atoms with Crippen LogP contribution >= 0.6 is 0 Å². The van der Waals surface area contributed by atoms with Crippen LogP contribution in [0.15, 0.2) is 0 Å². The lowest BCUT2D eigenvalue weighted by Crippen LogP contribution is -2.48. The van der Waals surface area contributed by atoms with Crippen molar-refractivity contribution >= 4 is 5.91 Å². The van der Waals surface area contributed by atoms with Gasteiger partial charge < -0.3 is 10.2 Å². The summed E-state index contributed by atoms with van der Waals surface area (Å²) >= 11 is 0. The van der Waals surface area contributed by atoms with Gasteiger partial charge in [-0.2, -0.15) is 0 Å². The minimum Gasteiger partial charge on any atom is -0.353 e. The maximum absolute atomic E-state index is 11.8. The molecule has 0 aromatic rings. The number of rotatable bonds is 4. The predicted octanol–water partition coefficient (Wildman–Crippen LogP) is 2.12. The second-order valence-corrected chi connectivity index (χ2v) is 6.07. The fourth-order valence-corrected chi connectivity index (χ4v) is 2.55. The van der Waals surface area contributed by atoms with Crippen molar-refractivity contribution in [3.8, 4) is 0 Å². The van der Waals surface area contributed by atoms with Crippen LogP contribution in [0.2, 0.25) is 0 Å². The molecule has 0 aromatic carbocycles. The minimum absolute atomic E-state index is 0.0857. The molecule has 0 saturated carbocycles. The van der Waals surface area contributed by atoms with Crippen molar-refractivity contribution in [3.63, 3.8) is 0 Å². The van der Waals surface area contributed by atoms with Gasteiger partial charge in [-0.15, -0.1) is 0 Å². The van der Waals surface area contributed by atoms with E-state index in [0.717, 1.165) is 13.1 Å². The molecule has 0 bridgehead atoms. The highest BCUT2D eigenvalue weighted by atomic mass is 16.1. The Labute approximate surface area is 106 Å². The van der Waals surface area contributed by atoms with Crippen molar-refractivity contribution in [3.05, 3.63) is 0 Å². The Morgan fingerprint density at radius 3 is 2.12 bits per heavy atom. The van der Waals surface area contributed by atoms with Gasteiger partial charge in [-0.1, -0.05) is 27.7 Å². The Balaban J connectivity index is 2.57. The molecule has 3 nitrogen and oxygen atoms in total. The Hall–Kier alpha value is -0.570. The lowest BCUT2D eigenvalue weighted by atomic mass is 9.83. The van der Waals surface area contributed by atoms with Crippen molar-refractivity contribution in [2.45, 2.75) is 46.6 Å². The topological polar surface area (TPSA) is 32.3 Å². The molecule has 1 saturated heterocycles. The Kier molecular flexibility index (Phi) is 5.44. The van der Waals surface area contributed by atoms with E-state index in [2.05, 4.69) is 31.1 Å². The van der Waals surface area contributed by atoms with E-state index in [1.807, 2.05) is 13.8 Å². The van der Waals surface area contributed by atoms with E-state index in [0.29, 0.717) is 17.9 Å². The molecule has 1 amide bonds. The zero-order chi connectivity index (χ0) is 13.0. The highest BCUT2D eigenvalue weighted by Crippen LogP contribution is 2.24. The summed E-state index contributed by atoms with van der Waals surface area (Å²) < 4.78 is 0. The highest BCUT2D eigenvalue weighted by molar-refractivity contribution is 5.78. The summed E-state index contributed by atoms with van der Waals surface area (Å²) in [6.45, 7) is 10.7. The molecule has 0 radical (unpaired) electrons. The molecule has 3 heteroatoms. The second-order valence-electron chi connectivity index (χ2n) is 6.07.